The van der Waals surface area contributed by atoms with Gasteiger partial charge in [0.2, 0.25) is 5.91 Å². The Hall–Kier alpha value is -1.56. The van der Waals surface area contributed by atoms with E-state index >= 15 is 0 Å². The van der Waals surface area contributed by atoms with Gasteiger partial charge in [-0.1, -0.05) is 18.5 Å². The molecule has 0 aliphatic carbocycles. The summed E-state index contributed by atoms with van der Waals surface area (Å²) in [6.07, 6.45) is 2.64. The topological polar surface area (TPSA) is 86.9 Å². The summed E-state index contributed by atoms with van der Waals surface area (Å²) >= 11 is 5.75. The van der Waals surface area contributed by atoms with Crippen LogP contribution in [0.3, 0.4) is 0 Å². The molecular weight excluding hydrogens is 244 g/mol. The molecule has 7 heteroatoms. The van der Waals surface area contributed by atoms with Crippen LogP contribution in [0, 0.1) is 0 Å². The van der Waals surface area contributed by atoms with Gasteiger partial charge in [0.25, 0.3) is 5.56 Å². The molecule has 1 heterocycles. The van der Waals surface area contributed by atoms with Gasteiger partial charge in [-0.3, -0.25) is 9.59 Å². The Morgan fingerprint density at radius 1 is 1.53 bits per heavy atom. The number of hydrogen-bond donors (Lipinski definition) is 3. The minimum Gasteiger partial charge on any atom is -0.382 e. The van der Waals surface area contributed by atoms with E-state index in [9.17, 15) is 9.59 Å². The first-order valence-corrected chi connectivity index (χ1v) is 5.76. The van der Waals surface area contributed by atoms with Gasteiger partial charge in [0, 0.05) is 19.5 Å². The van der Waals surface area contributed by atoms with Crippen LogP contribution in [0.4, 0.5) is 5.69 Å². The van der Waals surface area contributed by atoms with Gasteiger partial charge in [-0.15, -0.1) is 0 Å². The second kappa shape index (κ2) is 6.90. The van der Waals surface area contributed by atoms with Crippen LogP contribution in [0.25, 0.3) is 0 Å². The Kier molecular flexibility index (Phi) is 5.48. The summed E-state index contributed by atoms with van der Waals surface area (Å²) in [5.41, 5.74) is -0.0224. The maximum atomic E-state index is 11.3. The van der Waals surface area contributed by atoms with Crippen molar-refractivity contribution in [2.45, 2.75) is 19.8 Å². The molecule has 94 valence electrons. The summed E-state index contributed by atoms with van der Waals surface area (Å²) in [6, 6.07) is 0. The van der Waals surface area contributed by atoms with Crippen molar-refractivity contribution in [1.82, 2.24) is 15.5 Å². The second-order valence-corrected chi connectivity index (χ2v) is 3.83. The molecule has 1 aromatic rings. The number of halogens is 1. The third kappa shape index (κ3) is 4.44. The van der Waals surface area contributed by atoms with Crippen LogP contribution in [0.1, 0.15) is 19.8 Å². The normalized spacial score (nSPS) is 10.0. The van der Waals surface area contributed by atoms with E-state index in [1.807, 2.05) is 6.92 Å². The average molecular weight is 259 g/mol. The molecule has 0 fully saturated rings. The third-order valence-electron chi connectivity index (χ3n) is 2.04. The number of aromatic amines is 1. The molecule has 1 aromatic heterocycles. The zero-order valence-corrected chi connectivity index (χ0v) is 10.3. The number of hydrogen-bond acceptors (Lipinski definition) is 4. The highest BCUT2D eigenvalue weighted by Crippen LogP contribution is 2.13. The second-order valence-electron chi connectivity index (χ2n) is 3.45. The largest absolute Gasteiger partial charge is 0.382 e. The van der Waals surface area contributed by atoms with Gasteiger partial charge >= 0.3 is 0 Å². The molecule has 0 aliphatic rings. The Balaban J connectivity index is 2.38. The molecule has 0 aromatic carbocycles. The van der Waals surface area contributed by atoms with Gasteiger partial charge in [-0.25, -0.2) is 5.10 Å². The monoisotopic (exact) mass is 258 g/mol. The number of nitrogens with zero attached hydrogens (tertiary/aromatic N) is 1. The molecule has 0 spiro atoms. The fourth-order valence-electron chi connectivity index (χ4n) is 1.17. The number of carbonyl (C=O) groups is 1. The van der Waals surface area contributed by atoms with E-state index in [0.29, 0.717) is 25.2 Å². The minimum absolute atomic E-state index is 0.0340. The van der Waals surface area contributed by atoms with Crippen molar-refractivity contribution in [3.8, 4) is 0 Å². The van der Waals surface area contributed by atoms with Crippen LogP contribution in [-0.4, -0.2) is 29.2 Å². The fourth-order valence-corrected chi connectivity index (χ4v) is 1.33. The molecule has 0 atom stereocenters. The summed E-state index contributed by atoms with van der Waals surface area (Å²) in [4.78, 5) is 22.4. The number of H-pyrrole nitrogens is 1. The summed E-state index contributed by atoms with van der Waals surface area (Å²) in [5.74, 6) is -0.0340. The van der Waals surface area contributed by atoms with Crippen molar-refractivity contribution >= 4 is 23.2 Å². The number of amides is 1. The van der Waals surface area contributed by atoms with Crippen molar-refractivity contribution < 1.29 is 4.79 Å². The summed E-state index contributed by atoms with van der Waals surface area (Å²) in [7, 11) is 0. The molecule has 1 rings (SSSR count). The minimum atomic E-state index is -0.452. The maximum Gasteiger partial charge on any atom is 0.285 e. The van der Waals surface area contributed by atoms with Crippen molar-refractivity contribution in [2.24, 2.45) is 0 Å². The molecule has 0 bridgehead atoms. The van der Waals surface area contributed by atoms with E-state index in [1.54, 1.807) is 0 Å². The molecular formula is C10H15ClN4O2. The fraction of sp³-hybridized carbons (Fsp3) is 0.500. The highest BCUT2D eigenvalue weighted by atomic mass is 35.5. The van der Waals surface area contributed by atoms with E-state index in [4.69, 9.17) is 11.6 Å². The van der Waals surface area contributed by atoms with Crippen LogP contribution in [0.2, 0.25) is 5.02 Å². The van der Waals surface area contributed by atoms with Gasteiger partial charge in [-0.2, -0.15) is 5.10 Å². The van der Waals surface area contributed by atoms with E-state index in [-0.39, 0.29) is 10.9 Å². The van der Waals surface area contributed by atoms with Crippen LogP contribution in [0.15, 0.2) is 11.0 Å². The molecule has 6 nitrogen and oxygen atoms in total. The van der Waals surface area contributed by atoms with E-state index in [2.05, 4.69) is 20.8 Å². The highest BCUT2D eigenvalue weighted by molar-refractivity contribution is 6.32. The number of nitrogens with one attached hydrogen (secondary N) is 3. The van der Waals surface area contributed by atoms with Gasteiger partial charge in [-0.05, 0) is 6.42 Å². The quantitative estimate of drug-likeness (QED) is 0.703. The smallest absolute Gasteiger partial charge is 0.285 e. The SMILES string of the molecule is CCCNC(=O)CCNc1cn[nH]c(=O)c1Cl. The molecule has 0 unspecified atom stereocenters. The predicted octanol–water partition coefficient (Wildman–Crippen LogP) is 0.751. The van der Waals surface area contributed by atoms with Crippen molar-refractivity contribution in [3.63, 3.8) is 0 Å². The zero-order valence-electron chi connectivity index (χ0n) is 9.55. The zero-order chi connectivity index (χ0) is 12.7. The van der Waals surface area contributed by atoms with E-state index < -0.39 is 5.56 Å². The molecule has 0 aliphatic heterocycles. The lowest BCUT2D eigenvalue weighted by Gasteiger charge is -2.07. The van der Waals surface area contributed by atoms with Crippen LogP contribution < -0.4 is 16.2 Å². The lowest BCUT2D eigenvalue weighted by Crippen LogP contribution is -2.26. The molecule has 0 saturated carbocycles. The highest BCUT2D eigenvalue weighted by Gasteiger charge is 2.05. The van der Waals surface area contributed by atoms with Gasteiger partial charge in [0.05, 0.1) is 11.9 Å². The van der Waals surface area contributed by atoms with E-state index in [1.165, 1.54) is 6.20 Å². The molecule has 17 heavy (non-hydrogen) atoms. The summed E-state index contributed by atoms with van der Waals surface area (Å²) in [6.45, 7) is 3.06. The molecule has 0 radical (unpaired) electrons. The molecule has 3 N–H and O–H groups in total. The summed E-state index contributed by atoms with van der Waals surface area (Å²) in [5, 5.41) is 11.5. The summed E-state index contributed by atoms with van der Waals surface area (Å²) < 4.78 is 0. The Labute approximate surface area is 104 Å². The van der Waals surface area contributed by atoms with Gasteiger partial charge in [0.15, 0.2) is 0 Å². The van der Waals surface area contributed by atoms with Crippen LogP contribution in [-0.2, 0) is 4.79 Å². The lowest BCUT2D eigenvalue weighted by atomic mass is 10.3. The third-order valence-corrected chi connectivity index (χ3v) is 2.41. The Morgan fingerprint density at radius 3 is 3.00 bits per heavy atom. The maximum absolute atomic E-state index is 11.3. The Bertz CT molecular complexity index is 433. The van der Waals surface area contributed by atoms with Crippen molar-refractivity contribution in [3.05, 3.63) is 21.6 Å². The van der Waals surface area contributed by atoms with Gasteiger partial charge < -0.3 is 10.6 Å². The lowest BCUT2D eigenvalue weighted by molar-refractivity contribution is -0.120. The predicted molar refractivity (Wildman–Crippen MR) is 66.3 cm³/mol. The number of aromatic nitrogens is 2. The molecule has 0 saturated heterocycles. The average Bonchev–Trinajstić information content (AvgIpc) is 2.32. The van der Waals surface area contributed by atoms with E-state index in [0.717, 1.165) is 6.42 Å². The first-order valence-electron chi connectivity index (χ1n) is 5.39. The number of anilines is 1. The van der Waals surface area contributed by atoms with Crippen LogP contribution in [0.5, 0.6) is 0 Å². The molecule has 1 amide bonds. The van der Waals surface area contributed by atoms with Crippen molar-refractivity contribution in [2.75, 3.05) is 18.4 Å². The van der Waals surface area contributed by atoms with Crippen molar-refractivity contribution in [1.29, 1.82) is 0 Å². The van der Waals surface area contributed by atoms with Gasteiger partial charge in [0.1, 0.15) is 5.02 Å². The Morgan fingerprint density at radius 2 is 2.29 bits per heavy atom. The first-order chi connectivity index (χ1) is 8.15. The first kappa shape index (κ1) is 13.5. The van der Waals surface area contributed by atoms with Crippen LogP contribution >= 0.6 is 11.6 Å². The number of rotatable bonds is 6. The standard InChI is InChI=1S/C10H15ClN4O2/c1-2-4-13-8(16)3-5-12-7-6-14-15-10(17)9(7)11/h6H,2-5H2,1H3,(H,13,16)(H2,12,15,17). The number of carbonyl (C=O) groups excluding carboxylic acids is 1.